The first-order chi connectivity index (χ1) is 11.7. The van der Waals surface area contributed by atoms with Crippen LogP contribution in [0.1, 0.15) is 13.3 Å². The van der Waals surface area contributed by atoms with Gasteiger partial charge in [-0.25, -0.2) is 13.9 Å². The molecule has 0 amide bonds. The van der Waals surface area contributed by atoms with Crippen molar-refractivity contribution >= 4 is 5.65 Å². The third-order valence-electron chi connectivity index (χ3n) is 4.42. The van der Waals surface area contributed by atoms with Crippen molar-refractivity contribution < 1.29 is 9.13 Å². The van der Waals surface area contributed by atoms with Crippen molar-refractivity contribution in [3.63, 3.8) is 0 Å². The summed E-state index contributed by atoms with van der Waals surface area (Å²) in [5.41, 5.74) is 2.20. The standard InChI is InChI=1S/C18H19FN4O/c1-2-22-9-8-15(12-22)24-18-7-6-17-20-11-16(23(17)21-18)13-4-3-5-14(19)10-13/h3-7,10-11,15H,2,8-9,12H2,1H3. The van der Waals surface area contributed by atoms with E-state index in [4.69, 9.17) is 4.74 Å². The Kier molecular flexibility index (Phi) is 3.90. The molecule has 3 aromatic rings. The molecular weight excluding hydrogens is 307 g/mol. The van der Waals surface area contributed by atoms with E-state index in [-0.39, 0.29) is 11.9 Å². The lowest BCUT2D eigenvalue weighted by Gasteiger charge is -2.14. The van der Waals surface area contributed by atoms with Gasteiger partial charge in [-0.1, -0.05) is 19.1 Å². The number of fused-ring (bicyclic) bond motifs is 1. The van der Waals surface area contributed by atoms with Crippen LogP contribution in [-0.4, -0.2) is 45.2 Å². The van der Waals surface area contributed by atoms with E-state index < -0.39 is 0 Å². The van der Waals surface area contributed by atoms with Gasteiger partial charge in [0.1, 0.15) is 11.9 Å². The molecule has 2 aromatic heterocycles. The van der Waals surface area contributed by atoms with Crippen molar-refractivity contribution in [3.05, 3.63) is 48.4 Å². The van der Waals surface area contributed by atoms with Crippen LogP contribution in [0.15, 0.2) is 42.6 Å². The number of rotatable bonds is 4. The molecule has 4 rings (SSSR count). The second-order valence-corrected chi connectivity index (χ2v) is 6.02. The summed E-state index contributed by atoms with van der Waals surface area (Å²) in [5.74, 6) is 0.293. The van der Waals surface area contributed by atoms with E-state index in [0.717, 1.165) is 37.3 Å². The summed E-state index contributed by atoms with van der Waals surface area (Å²) in [5, 5.41) is 4.55. The van der Waals surface area contributed by atoms with Crippen molar-refractivity contribution in [2.75, 3.05) is 19.6 Å². The highest BCUT2D eigenvalue weighted by Crippen LogP contribution is 2.23. The molecule has 1 atom stereocenters. The summed E-state index contributed by atoms with van der Waals surface area (Å²) in [7, 11) is 0. The average molecular weight is 326 g/mol. The minimum atomic E-state index is -0.277. The number of ether oxygens (including phenoxy) is 1. The SMILES string of the molecule is CCN1CCC(Oc2ccc3ncc(-c4cccc(F)c4)n3n2)C1. The van der Waals surface area contributed by atoms with Gasteiger partial charge >= 0.3 is 0 Å². The lowest BCUT2D eigenvalue weighted by Crippen LogP contribution is -2.24. The Morgan fingerprint density at radius 2 is 2.21 bits per heavy atom. The Labute approximate surface area is 139 Å². The molecule has 0 saturated carbocycles. The summed E-state index contributed by atoms with van der Waals surface area (Å²) < 4.78 is 21.2. The number of likely N-dealkylation sites (N-methyl/N-ethyl adjacent to an activating group) is 1. The van der Waals surface area contributed by atoms with Gasteiger partial charge < -0.3 is 4.74 Å². The van der Waals surface area contributed by atoms with Crippen molar-refractivity contribution in [1.29, 1.82) is 0 Å². The molecule has 1 fully saturated rings. The lowest BCUT2D eigenvalue weighted by atomic mass is 10.2. The van der Waals surface area contributed by atoms with Crippen LogP contribution in [0.5, 0.6) is 5.88 Å². The topological polar surface area (TPSA) is 42.7 Å². The summed E-state index contributed by atoms with van der Waals surface area (Å²) in [4.78, 5) is 6.70. The van der Waals surface area contributed by atoms with Gasteiger partial charge in [-0.2, -0.15) is 0 Å². The fraction of sp³-hybridized carbons (Fsp3) is 0.333. The van der Waals surface area contributed by atoms with Crippen molar-refractivity contribution in [2.45, 2.75) is 19.4 Å². The van der Waals surface area contributed by atoms with Gasteiger partial charge in [0.05, 0.1) is 11.9 Å². The normalized spacial score (nSPS) is 18.3. The van der Waals surface area contributed by atoms with E-state index in [1.807, 2.05) is 18.2 Å². The molecule has 1 unspecified atom stereocenters. The number of hydrogen-bond donors (Lipinski definition) is 0. The first-order valence-corrected chi connectivity index (χ1v) is 8.22. The zero-order valence-electron chi connectivity index (χ0n) is 13.5. The molecule has 0 aliphatic carbocycles. The summed E-state index contributed by atoms with van der Waals surface area (Å²) in [6.45, 7) is 5.18. The maximum absolute atomic E-state index is 13.5. The molecule has 1 saturated heterocycles. The Bertz CT molecular complexity index is 863. The van der Waals surface area contributed by atoms with Crippen LogP contribution < -0.4 is 4.74 Å². The van der Waals surface area contributed by atoms with Crippen LogP contribution >= 0.6 is 0 Å². The third kappa shape index (κ3) is 2.85. The fourth-order valence-electron chi connectivity index (χ4n) is 3.12. The molecule has 0 N–H and O–H groups in total. The van der Waals surface area contributed by atoms with E-state index in [9.17, 15) is 4.39 Å². The molecule has 1 aliphatic heterocycles. The average Bonchev–Trinajstić information content (AvgIpc) is 3.21. The monoisotopic (exact) mass is 326 g/mol. The summed E-state index contributed by atoms with van der Waals surface area (Å²) in [6.07, 6.45) is 2.87. The first-order valence-electron chi connectivity index (χ1n) is 8.22. The van der Waals surface area contributed by atoms with E-state index >= 15 is 0 Å². The van der Waals surface area contributed by atoms with Crippen LogP contribution in [0.2, 0.25) is 0 Å². The first kappa shape index (κ1) is 15.1. The summed E-state index contributed by atoms with van der Waals surface area (Å²) >= 11 is 0. The smallest absolute Gasteiger partial charge is 0.232 e. The molecule has 0 bridgehead atoms. The molecule has 3 heterocycles. The van der Waals surface area contributed by atoms with Crippen molar-refractivity contribution in [3.8, 4) is 17.1 Å². The van der Waals surface area contributed by atoms with E-state index in [1.165, 1.54) is 12.1 Å². The lowest BCUT2D eigenvalue weighted by molar-refractivity contribution is 0.192. The molecule has 0 spiro atoms. The van der Waals surface area contributed by atoms with Gasteiger partial charge in [0, 0.05) is 24.7 Å². The van der Waals surface area contributed by atoms with Gasteiger partial charge in [0.2, 0.25) is 5.88 Å². The van der Waals surface area contributed by atoms with Gasteiger partial charge in [-0.05, 0) is 31.2 Å². The van der Waals surface area contributed by atoms with Gasteiger partial charge in [-0.15, -0.1) is 5.10 Å². The number of halogens is 1. The van der Waals surface area contributed by atoms with Gasteiger partial charge in [-0.3, -0.25) is 4.90 Å². The maximum atomic E-state index is 13.5. The minimum Gasteiger partial charge on any atom is -0.472 e. The van der Waals surface area contributed by atoms with Crippen molar-refractivity contribution in [2.24, 2.45) is 0 Å². The predicted octanol–water partition coefficient (Wildman–Crippen LogP) is 3.01. The zero-order chi connectivity index (χ0) is 16.5. The quantitative estimate of drug-likeness (QED) is 0.739. The van der Waals surface area contributed by atoms with Crippen LogP contribution in [0.3, 0.4) is 0 Å². The highest BCUT2D eigenvalue weighted by atomic mass is 19.1. The largest absolute Gasteiger partial charge is 0.472 e. The maximum Gasteiger partial charge on any atom is 0.232 e. The number of imidazole rings is 1. The molecule has 6 heteroatoms. The number of nitrogens with zero attached hydrogens (tertiary/aromatic N) is 4. The third-order valence-corrected chi connectivity index (χ3v) is 4.42. The van der Waals surface area contributed by atoms with Crippen LogP contribution in [-0.2, 0) is 0 Å². The van der Waals surface area contributed by atoms with Crippen LogP contribution in [0.4, 0.5) is 4.39 Å². The second kappa shape index (κ2) is 6.20. The van der Waals surface area contributed by atoms with Gasteiger partial charge in [0.25, 0.3) is 0 Å². The van der Waals surface area contributed by atoms with E-state index in [1.54, 1.807) is 16.8 Å². The number of hydrogen-bond acceptors (Lipinski definition) is 4. The zero-order valence-corrected chi connectivity index (χ0v) is 13.5. The molecule has 0 radical (unpaired) electrons. The molecular formula is C18H19FN4O. The number of aromatic nitrogens is 3. The Balaban J connectivity index is 1.64. The van der Waals surface area contributed by atoms with Gasteiger partial charge in [0.15, 0.2) is 5.65 Å². The Morgan fingerprint density at radius 3 is 3.00 bits per heavy atom. The molecule has 24 heavy (non-hydrogen) atoms. The van der Waals surface area contributed by atoms with E-state index in [0.29, 0.717) is 11.5 Å². The number of benzene rings is 1. The predicted molar refractivity (Wildman–Crippen MR) is 89.5 cm³/mol. The molecule has 1 aliphatic rings. The van der Waals surface area contributed by atoms with Crippen LogP contribution in [0, 0.1) is 5.82 Å². The van der Waals surface area contributed by atoms with Crippen LogP contribution in [0.25, 0.3) is 16.9 Å². The number of likely N-dealkylation sites (tertiary alicyclic amines) is 1. The Hall–Kier alpha value is -2.47. The highest BCUT2D eigenvalue weighted by molar-refractivity contribution is 5.63. The second-order valence-electron chi connectivity index (χ2n) is 6.02. The summed E-state index contributed by atoms with van der Waals surface area (Å²) in [6, 6.07) is 10.1. The molecule has 5 nitrogen and oxygen atoms in total. The molecule has 1 aromatic carbocycles. The highest BCUT2D eigenvalue weighted by Gasteiger charge is 2.23. The Morgan fingerprint density at radius 1 is 1.29 bits per heavy atom. The fourth-order valence-corrected chi connectivity index (χ4v) is 3.12. The molecule has 124 valence electrons. The van der Waals surface area contributed by atoms with Crippen molar-refractivity contribution in [1.82, 2.24) is 19.5 Å². The minimum absolute atomic E-state index is 0.163. The van der Waals surface area contributed by atoms with E-state index in [2.05, 4.69) is 21.9 Å².